The van der Waals surface area contributed by atoms with Crippen LogP contribution in [0.3, 0.4) is 0 Å². The number of aryl methyl sites for hydroxylation is 1. The smallest absolute Gasteiger partial charge is 0.282 e. The number of hydrogen-bond donors (Lipinski definition) is 1. The molecular formula is C14H10FIN2O3. The minimum atomic E-state index is -0.717. The first-order valence-corrected chi connectivity index (χ1v) is 6.98. The summed E-state index contributed by atoms with van der Waals surface area (Å²) in [6.45, 7) is 1.80. The minimum Gasteiger partial charge on any atom is -0.322 e. The van der Waals surface area contributed by atoms with E-state index in [9.17, 15) is 19.3 Å². The largest absolute Gasteiger partial charge is 0.322 e. The number of carbonyl (C=O) groups excluding carboxylic acids is 1. The average Bonchev–Trinajstić information content (AvgIpc) is 2.41. The van der Waals surface area contributed by atoms with Crippen LogP contribution < -0.4 is 5.32 Å². The van der Waals surface area contributed by atoms with Crippen LogP contribution in [-0.4, -0.2) is 10.8 Å². The highest BCUT2D eigenvalue weighted by molar-refractivity contribution is 14.1. The molecule has 0 unspecified atom stereocenters. The number of nitrogens with zero attached hydrogens (tertiary/aromatic N) is 1. The summed E-state index contributed by atoms with van der Waals surface area (Å²) in [5.74, 6) is -1.42. The molecule has 0 saturated carbocycles. The average molecular weight is 400 g/mol. The molecular weight excluding hydrogens is 390 g/mol. The zero-order chi connectivity index (χ0) is 15.6. The van der Waals surface area contributed by atoms with Crippen molar-refractivity contribution in [3.63, 3.8) is 0 Å². The molecule has 0 aliphatic carbocycles. The molecule has 2 aromatic carbocycles. The van der Waals surface area contributed by atoms with E-state index < -0.39 is 22.3 Å². The highest BCUT2D eigenvalue weighted by Gasteiger charge is 2.21. The number of rotatable bonds is 3. The van der Waals surface area contributed by atoms with Crippen LogP contribution in [0.25, 0.3) is 0 Å². The van der Waals surface area contributed by atoms with Crippen LogP contribution in [0.2, 0.25) is 0 Å². The van der Waals surface area contributed by atoms with E-state index in [1.165, 1.54) is 0 Å². The second-order valence-electron chi connectivity index (χ2n) is 4.33. The molecule has 0 aliphatic heterocycles. The van der Waals surface area contributed by atoms with E-state index in [1.807, 2.05) is 6.07 Å². The number of nitro benzene ring substituents is 1. The summed E-state index contributed by atoms with van der Waals surface area (Å²) in [6.07, 6.45) is 0. The Morgan fingerprint density at radius 3 is 2.62 bits per heavy atom. The Morgan fingerprint density at radius 1 is 1.29 bits per heavy atom. The molecule has 0 spiro atoms. The summed E-state index contributed by atoms with van der Waals surface area (Å²) in [7, 11) is 0. The van der Waals surface area contributed by atoms with E-state index in [-0.39, 0.29) is 5.56 Å². The van der Waals surface area contributed by atoms with Gasteiger partial charge in [0.25, 0.3) is 11.6 Å². The molecule has 2 aromatic rings. The maximum atomic E-state index is 13.2. The van der Waals surface area contributed by atoms with Crippen LogP contribution >= 0.6 is 22.6 Å². The summed E-state index contributed by atoms with van der Waals surface area (Å²) in [6, 6.07) is 8.13. The molecule has 0 atom stereocenters. The van der Waals surface area contributed by atoms with Gasteiger partial charge in [-0.25, -0.2) is 4.39 Å². The van der Waals surface area contributed by atoms with Crippen molar-refractivity contribution in [3.05, 3.63) is 67.0 Å². The molecule has 0 aromatic heterocycles. The first-order valence-electron chi connectivity index (χ1n) is 5.90. The number of halogens is 2. The van der Waals surface area contributed by atoms with Gasteiger partial charge in [0.2, 0.25) is 0 Å². The maximum absolute atomic E-state index is 13.2. The van der Waals surface area contributed by atoms with Gasteiger partial charge in [0, 0.05) is 15.3 Å². The SMILES string of the molecule is Cc1cc(I)ccc1NC(=O)c1cc(F)ccc1[N+](=O)[O-]. The first kappa shape index (κ1) is 15.4. The molecule has 0 saturated heterocycles. The van der Waals surface area contributed by atoms with Crippen molar-refractivity contribution in [1.29, 1.82) is 0 Å². The number of nitrogens with one attached hydrogen (secondary N) is 1. The lowest BCUT2D eigenvalue weighted by Crippen LogP contribution is -2.15. The normalized spacial score (nSPS) is 10.2. The van der Waals surface area contributed by atoms with Gasteiger partial charge < -0.3 is 5.32 Å². The van der Waals surface area contributed by atoms with Gasteiger partial charge in [-0.1, -0.05) is 0 Å². The van der Waals surface area contributed by atoms with Crippen molar-refractivity contribution in [1.82, 2.24) is 0 Å². The second kappa shape index (κ2) is 6.17. The second-order valence-corrected chi connectivity index (χ2v) is 5.58. The van der Waals surface area contributed by atoms with Crippen molar-refractivity contribution in [2.45, 2.75) is 6.92 Å². The van der Waals surface area contributed by atoms with E-state index in [0.717, 1.165) is 27.3 Å². The zero-order valence-electron chi connectivity index (χ0n) is 10.9. The zero-order valence-corrected chi connectivity index (χ0v) is 13.0. The molecule has 108 valence electrons. The summed E-state index contributed by atoms with van der Waals surface area (Å²) in [5.41, 5.74) is 0.600. The molecule has 5 nitrogen and oxygen atoms in total. The number of anilines is 1. The number of hydrogen-bond acceptors (Lipinski definition) is 3. The first-order chi connectivity index (χ1) is 9.88. The van der Waals surface area contributed by atoms with Crippen LogP contribution in [-0.2, 0) is 0 Å². The van der Waals surface area contributed by atoms with Crippen molar-refractivity contribution in [2.24, 2.45) is 0 Å². The van der Waals surface area contributed by atoms with Gasteiger partial charge in [-0.2, -0.15) is 0 Å². The van der Waals surface area contributed by atoms with E-state index in [2.05, 4.69) is 27.9 Å². The van der Waals surface area contributed by atoms with Gasteiger partial charge >= 0.3 is 0 Å². The fraction of sp³-hybridized carbons (Fsp3) is 0.0714. The Hall–Kier alpha value is -2.03. The van der Waals surface area contributed by atoms with Gasteiger partial charge in [0.1, 0.15) is 11.4 Å². The van der Waals surface area contributed by atoms with Gasteiger partial charge in [-0.15, -0.1) is 0 Å². The summed E-state index contributed by atoms with van der Waals surface area (Å²) in [5, 5.41) is 13.5. The highest BCUT2D eigenvalue weighted by atomic mass is 127. The summed E-state index contributed by atoms with van der Waals surface area (Å²) < 4.78 is 14.2. The van der Waals surface area contributed by atoms with Crippen molar-refractivity contribution in [2.75, 3.05) is 5.32 Å². The van der Waals surface area contributed by atoms with Crippen LogP contribution in [0, 0.1) is 26.4 Å². The molecule has 0 heterocycles. The maximum Gasteiger partial charge on any atom is 0.282 e. The lowest BCUT2D eigenvalue weighted by molar-refractivity contribution is -0.385. The number of amides is 1. The molecule has 21 heavy (non-hydrogen) atoms. The molecule has 1 amide bonds. The topological polar surface area (TPSA) is 72.2 Å². The van der Waals surface area contributed by atoms with Crippen LogP contribution in [0.15, 0.2) is 36.4 Å². The lowest BCUT2D eigenvalue weighted by atomic mass is 10.1. The van der Waals surface area contributed by atoms with E-state index in [0.29, 0.717) is 5.69 Å². The monoisotopic (exact) mass is 400 g/mol. The molecule has 7 heteroatoms. The van der Waals surface area contributed by atoms with Gasteiger partial charge in [0.15, 0.2) is 0 Å². The third kappa shape index (κ3) is 3.54. The predicted molar refractivity (Wildman–Crippen MR) is 84.9 cm³/mol. The molecule has 0 aliphatic rings. The van der Waals surface area contributed by atoms with Crippen LogP contribution in [0.5, 0.6) is 0 Å². The number of nitro groups is 1. The third-order valence-electron chi connectivity index (χ3n) is 2.84. The Labute approximate surface area is 133 Å². The minimum absolute atomic E-state index is 0.307. The van der Waals surface area contributed by atoms with Crippen molar-refractivity contribution < 1.29 is 14.1 Å². The Kier molecular flexibility index (Phi) is 4.51. The van der Waals surface area contributed by atoms with Gasteiger partial charge in [-0.3, -0.25) is 14.9 Å². The lowest BCUT2D eigenvalue weighted by Gasteiger charge is -2.09. The van der Waals surface area contributed by atoms with E-state index in [1.54, 1.807) is 19.1 Å². The fourth-order valence-electron chi connectivity index (χ4n) is 1.81. The molecule has 1 N–H and O–H groups in total. The quantitative estimate of drug-likeness (QED) is 0.483. The predicted octanol–water partition coefficient (Wildman–Crippen LogP) is 3.90. The molecule has 0 radical (unpaired) electrons. The third-order valence-corrected chi connectivity index (χ3v) is 3.51. The summed E-state index contributed by atoms with van der Waals surface area (Å²) >= 11 is 2.13. The standard InChI is InChI=1S/C14H10FIN2O3/c1-8-6-10(16)3-4-12(8)17-14(19)11-7-9(15)2-5-13(11)18(20)21/h2-7H,1H3,(H,17,19). The van der Waals surface area contributed by atoms with Crippen molar-refractivity contribution in [3.8, 4) is 0 Å². The van der Waals surface area contributed by atoms with Gasteiger partial charge in [-0.05, 0) is 65.4 Å². The number of carbonyl (C=O) groups is 1. The highest BCUT2D eigenvalue weighted by Crippen LogP contribution is 2.23. The molecule has 0 fully saturated rings. The van der Waals surface area contributed by atoms with E-state index >= 15 is 0 Å². The van der Waals surface area contributed by atoms with E-state index in [4.69, 9.17) is 0 Å². The van der Waals surface area contributed by atoms with Crippen LogP contribution in [0.4, 0.5) is 15.8 Å². The molecule has 0 bridgehead atoms. The summed E-state index contributed by atoms with van der Waals surface area (Å²) in [4.78, 5) is 22.3. The Balaban J connectivity index is 2.36. The molecule has 2 rings (SSSR count). The number of benzene rings is 2. The Bertz CT molecular complexity index is 734. The Morgan fingerprint density at radius 2 is 2.00 bits per heavy atom. The van der Waals surface area contributed by atoms with Crippen LogP contribution in [0.1, 0.15) is 15.9 Å². The van der Waals surface area contributed by atoms with Gasteiger partial charge in [0.05, 0.1) is 4.92 Å². The fourth-order valence-corrected chi connectivity index (χ4v) is 2.45. The van der Waals surface area contributed by atoms with Crippen molar-refractivity contribution >= 4 is 39.9 Å².